The highest BCUT2D eigenvalue weighted by molar-refractivity contribution is 7.14. The van der Waals surface area contributed by atoms with Crippen LogP contribution < -0.4 is 5.09 Å². The van der Waals surface area contributed by atoms with Gasteiger partial charge in [0.1, 0.15) is 5.78 Å². The fourth-order valence-electron chi connectivity index (χ4n) is 1.29. The standard InChI is InChI=1S/C13H18NOP/c1-10(2)13(15)9-12(14-16)8-11-6-4-3-5-7-11/h3-8,10,14H,9,16H2,1-2H3. The third-order valence-corrected chi connectivity index (χ3v) is 2.71. The van der Waals surface area contributed by atoms with Crippen molar-refractivity contribution >= 4 is 21.2 Å². The molecule has 0 spiro atoms. The molecule has 1 unspecified atom stereocenters. The molecule has 1 rings (SSSR count). The largest absolute Gasteiger partial charge is 0.372 e. The van der Waals surface area contributed by atoms with Crippen LogP contribution in [0.4, 0.5) is 0 Å². The molecule has 0 saturated heterocycles. The zero-order chi connectivity index (χ0) is 12.0. The van der Waals surface area contributed by atoms with Gasteiger partial charge in [-0.15, -0.1) is 0 Å². The van der Waals surface area contributed by atoms with Crippen LogP contribution in [-0.2, 0) is 4.79 Å². The van der Waals surface area contributed by atoms with Crippen molar-refractivity contribution in [2.24, 2.45) is 5.92 Å². The Bertz CT molecular complexity index is 371. The van der Waals surface area contributed by atoms with Gasteiger partial charge in [0, 0.05) is 18.0 Å². The second kappa shape index (κ2) is 6.44. The molecule has 2 nitrogen and oxygen atoms in total. The molecule has 0 bridgehead atoms. The number of ketones is 1. The van der Waals surface area contributed by atoms with Crippen LogP contribution in [0.5, 0.6) is 0 Å². The zero-order valence-electron chi connectivity index (χ0n) is 9.73. The summed E-state index contributed by atoms with van der Waals surface area (Å²) in [5.41, 5.74) is 2.03. The number of rotatable bonds is 5. The van der Waals surface area contributed by atoms with Gasteiger partial charge in [-0.05, 0) is 21.0 Å². The molecular weight excluding hydrogens is 217 g/mol. The van der Waals surface area contributed by atoms with Crippen LogP contribution in [0.1, 0.15) is 25.8 Å². The van der Waals surface area contributed by atoms with E-state index >= 15 is 0 Å². The lowest BCUT2D eigenvalue weighted by Crippen LogP contribution is -2.11. The Kier molecular flexibility index (Phi) is 5.21. The lowest BCUT2D eigenvalue weighted by molar-refractivity contribution is -0.121. The van der Waals surface area contributed by atoms with Gasteiger partial charge in [0.2, 0.25) is 0 Å². The van der Waals surface area contributed by atoms with Crippen molar-refractivity contribution in [3.05, 3.63) is 41.6 Å². The maximum atomic E-state index is 11.6. The van der Waals surface area contributed by atoms with Crippen molar-refractivity contribution in [3.63, 3.8) is 0 Å². The Labute approximate surface area is 99.4 Å². The highest BCUT2D eigenvalue weighted by Crippen LogP contribution is 2.11. The smallest absolute Gasteiger partial charge is 0.141 e. The van der Waals surface area contributed by atoms with Gasteiger partial charge in [0.05, 0.1) is 0 Å². The minimum absolute atomic E-state index is 0.0810. The second-order valence-corrected chi connectivity index (χ2v) is 4.31. The molecule has 1 N–H and O–H groups in total. The second-order valence-electron chi connectivity index (χ2n) is 4.02. The molecule has 0 aliphatic carbocycles. The van der Waals surface area contributed by atoms with E-state index in [1.54, 1.807) is 0 Å². The number of allylic oxidation sites excluding steroid dienone is 1. The molecule has 16 heavy (non-hydrogen) atoms. The average molecular weight is 235 g/mol. The maximum absolute atomic E-state index is 11.6. The summed E-state index contributed by atoms with van der Waals surface area (Å²) in [6.07, 6.45) is 2.45. The number of carbonyl (C=O) groups is 1. The Balaban J connectivity index is 2.75. The van der Waals surface area contributed by atoms with Crippen molar-refractivity contribution < 1.29 is 4.79 Å². The quantitative estimate of drug-likeness (QED) is 0.795. The van der Waals surface area contributed by atoms with E-state index in [-0.39, 0.29) is 11.7 Å². The molecule has 86 valence electrons. The first-order valence-corrected chi connectivity index (χ1v) is 5.96. The van der Waals surface area contributed by atoms with Crippen LogP contribution in [0.15, 0.2) is 36.0 Å². The monoisotopic (exact) mass is 235 g/mol. The van der Waals surface area contributed by atoms with Crippen molar-refractivity contribution in [2.45, 2.75) is 20.3 Å². The summed E-state index contributed by atoms with van der Waals surface area (Å²) < 4.78 is 0. The Morgan fingerprint density at radius 1 is 1.38 bits per heavy atom. The van der Waals surface area contributed by atoms with Crippen LogP contribution in [0, 0.1) is 5.92 Å². The molecule has 0 aliphatic rings. The summed E-state index contributed by atoms with van der Waals surface area (Å²) in [4.78, 5) is 11.6. The molecule has 0 saturated carbocycles. The predicted molar refractivity (Wildman–Crippen MR) is 71.7 cm³/mol. The first-order chi connectivity index (χ1) is 7.63. The highest BCUT2D eigenvalue weighted by Gasteiger charge is 2.09. The summed E-state index contributed by atoms with van der Waals surface area (Å²) in [7, 11) is 2.44. The van der Waals surface area contributed by atoms with E-state index in [1.165, 1.54) is 0 Å². The van der Waals surface area contributed by atoms with Gasteiger partial charge in [-0.2, -0.15) is 0 Å². The van der Waals surface area contributed by atoms with E-state index < -0.39 is 0 Å². The summed E-state index contributed by atoms with van der Waals surface area (Å²) in [5, 5.41) is 2.99. The van der Waals surface area contributed by atoms with Crippen LogP contribution in [0.25, 0.3) is 6.08 Å². The van der Waals surface area contributed by atoms with Crippen LogP contribution >= 0.6 is 9.39 Å². The van der Waals surface area contributed by atoms with E-state index in [1.807, 2.05) is 50.3 Å². The molecule has 0 amide bonds. The normalized spacial score (nSPS) is 11.6. The first kappa shape index (κ1) is 12.9. The van der Waals surface area contributed by atoms with Crippen molar-refractivity contribution in [3.8, 4) is 0 Å². The zero-order valence-corrected chi connectivity index (χ0v) is 10.9. The maximum Gasteiger partial charge on any atom is 0.141 e. The Morgan fingerprint density at radius 2 is 2.00 bits per heavy atom. The Morgan fingerprint density at radius 3 is 2.50 bits per heavy atom. The van der Waals surface area contributed by atoms with E-state index in [4.69, 9.17) is 0 Å². The molecule has 0 fully saturated rings. The van der Waals surface area contributed by atoms with Gasteiger partial charge in [-0.3, -0.25) is 4.79 Å². The lowest BCUT2D eigenvalue weighted by atomic mass is 10.0. The van der Waals surface area contributed by atoms with Crippen LogP contribution in [0.3, 0.4) is 0 Å². The number of nitrogens with one attached hydrogen (secondary N) is 1. The number of hydrogen-bond acceptors (Lipinski definition) is 2. The van der Waals surface area contributed by atoms with Crippen molar-refractivity contribution in [2.75, 3.05) is 0 Å². The first-order valence-electron chi connectivity index (χ1n) is 5.38. The lowest BCUT2D eigenvalue weighted by Gasteiger charge is -2.08. The molecule has 1 aromatic carbocycles. The van der Waals surface area contributed by atoms with Gasteiger partial charge in [0.15, 0.2) is 0 Å². The summed E-state index contributed by atoms with van der Waals surface area (Å²) in [5.74, 6) is 0.328. The SMILES string of the molecule is CC(C)C(=O)CC(=Cc1ccccc1)NP. The molecule has 0 aliphatic heterocycles. The van der Waals surface area contributed by atoms with Crippen LogP contribution in [-0.4, -0.2) is 5.78 Å². The average Bonchev–Trinajstić information content (AvgIpc) is 2.29. The van der Waals surface area contributed by atoms with E-state index in [9.17, 15) is 4.79 Å². The molecule has 1 aromatic rings. The van der Waals surface area contributed by atoms with Gasteiger partial charge < -0.3 is 5.09 Å². The number of benzene rings is 1. The fourth-order valence-corrected chi connectivity index (χ4v) is 1.47. The van der Waals surface area contributed by atoms with Gasteiger partial charge in [-0.1, -0.05) is 44.2 Å². The third kappa shape index (κ3) is 4.16. The summed E-state index contributed by atoms with van der Waals surface area (Å²) in [6.45, 7) is 3.84. The topological polar surface area (TPSA) is 29.1 Å². The molecule has 0 aromatic heterocycles. The summed E-state index contributed by atoms with van der Waals surface area (Å²) >= 11 is 0. The number of Topliss-reactive ketones (excluding diaryl/α,β-unsaturated/α-hetero) is 1. The molecule has 3 heteroatoms. The van der Waals surface area contributed by atoms with E-state index in [2.05, 4.69) is 14.5 Å². The molecular formula is C13H18NOP. The predicted octanol–water partition coefficient (Wildman–Crippen LogP) is 3.02. The fraction of sp³-hybridized carbons (Fsp3) is 0.308. The van der Waals surface area contributed by atoms with Gasteiger partial charge >= 0.3 is 0 Å². The van der Waals surface area contributed by atoms with E-state index in [0.717, 1.165) is 11.3 Å². The van der Waals surface area contributed by atoms with Gasteiger partial charge in [0.25, 0.3) is 0 Å². The number of hydrogen-bond donors (Lipinski definition) is 1. The molecule has 0 heterocycles. The van der Waals surface area contributed by atoms with Crippen LogP contribution in [0.2, 0.25) is 0 Å². The van der Waals surface area contributed by atoms with Crippen molar-refractivity contribution in [1.29, 1.82) is 0 Å². The van der Waals surface area contributed by atoms with E-state index in [0.29, 0.717) is 6.42 Å². The number of carbonyl (C=O) groups excluding carboxylic acids is 1. The third-order valence-electron chi connectivity index (χ3n) is 2.33. The minimum atomic E-state index is 0.0810. The van der Waals surface area contributed by atoms with Gasteiger partial charge in [-0.25, -0.2) is 0 Å². The molecule has 1 atom stereocenters. The highest BCUT2D eigenvalue weighted by atomic mass is 31.0. The molecule has 0 radical (unpaired) electrons. The Hall–Kier alpha value is -1.14. The van der Waals surface area contributed by atoms with Crippen molar-refractivity contribution in [1.82, 2.24) is 5.09 Å². The minimum Gasteiger partial charge on any atom is -0.372 e. The summed E-state index contributed by atoms with van der Waals surface area (Å²) in [6, 6.07) is 9.97.